The number of hydrogen-bond acceptors (Lipinski definition) is 3. The molecule has 2 heterocycles. The first kappa shape index (κ1) is 19.2. The number of nitrogens with one attached hydrogen (secondary N) is 1. The van der Waals surface area contributed by atoms with Crippen LogP contribution in [-0.2, 0) is 4.79 Å². The summed E-state index contributed by atoms with van der Waals surface area (Å²) in [6.07, 6.45) is 4.08. The molecule has 4 rings (SSSR count). The summed E-state index contributed by atoms with van der Waals surface area (Å²) in [5, 5.41) is 3.00. The second-order valence-corrected chi connectivity index (χ2v) is 9.25. The van der Waals surface area contributed by atoms with Crippen LogP contribution < -0.4 is 5.32 Å². The number of carbonyl (C=O) groups is 2. The highest BCUT2D eigenvalue weighted by molar-refractivity contribution is 5.89. The van der Waals surface area contributed by atoms with Crippen molar-refractivity contribution < 1.29 is 9.59 Å². The van der Waals surface area contributed by atoms with Gasteiger partial charge in [-0.05, 0) is 56.2 Å². The maximum absolute atomic E-state index is 13.1. The van der Waals surface area contributed by atoms with E-state index in [0.717, 1.165) is 57.5 Å². The van der Waals surface area contributed by atoms with E-state index in [4.69, 9.17) is 0 Å². The van der Waals surface area contributed by atoms with Gasteiger partial charge in [-0.15, -0.1) is 0 Å². The zero-order valence-corrected chi connectivity index (χ0v) is 17.3. The van der Waals surface area contributed by atoms with Crippen LogP contribution >= 0.6 is 0 Å². The number of anilines is 1. The summed E-state index contributed by atoms with van der Waals surface area (Å²) in [5.74, 6) is 0.696. The van der Waals surface area contributed by atoms with Crippen LogP contribution in [0.4, 0.5) is 10.5 Å². The van der Waals surface area contributed by atoms with Gasteiger partial charge in [0, 0.05) is 46.0 Å². The molecule has 2 aliphatic heterocycles. The first-order chi connectivity index (χ1) is 13.4. The lowest BCUT2D eigenvalue weighted by Gasteiger charge is -2.44. The molecule has 2 atom stereocenters. The Kier molecular flexibility index (Phi) is 4.86. The van der Waals surface area contributed by atoms with Gasteiger partial charge < -0.3 is 20.0 Å². The lowest BCUT2D eigenvalue weighted by molar-refractivity contribution is -0.141. The molecule has 1 spiro atoms. The van der Waals surface area contributed by atoms with Gasteiger partial charge in [0.05, 0.1) is 5.41 Å². The predicted molar refractivity (Wildman–Crippen MR) is 110 cm³/mol. The zero-order valence-electron chi connectivity index (χ0n) is 17.3. The summed E-state index contributed by atoms with van der Waals surface area (Å²) in [5.41, 5.74) is 0.800. The summed E-state index contributed by atoms with van der Waals surface area (Å²) in [4.78, 5) is 31.8. The summed E-state index contributed by atoms with van der Waals surface area (Å²) in [7, 11) is 5.90. The number of rotatable bonds is 2. The highest BCUT2D eigenvalue weighted by atomic mass is 16.2. The number of fused-ring (bicyclic) bond motifs is 2. The molecule has 1 aromatic rings. The van der Waals surface area contributed by atoms with E-state index in [0.29, 0.717) is 11.8 Å². The standard InChI is InChI=1S/C22H32N4O2/c1-24(2)19(27)22-10-9-21(18(22)15-25(3)16-22)11-13-26(14-12-21)20(28)23-17-7-5-4-6-8-17/h4-8,18H,9-16H2,1-3H3,(H,23,28)/t18-,22+/m0/s1. The smallest absolute Gasteiger partial charge is 0.321 e. The van der Waals surface area contributed by atoms with Gasteiger partial charge in [-0.3, -0.25) is 4.79 Å². The molecule has 152 valence electrons. The number of hydrogen-bond donors (Lipinski definition) is 1. The molecule has 0 aromatic heterocycles. The number of benzene rings is 1. The number of amides is 3. The first-order valence-electron chi connectivity index (χ1n) is 10.4. The van der Waals surface area contributed by atoms with Crippen molar-refractivity contribution in [3.05, 3.63) is 30.3 Å². The average Bonchev–Trinajstić information content (AvgIpc) is 3.17. The fraction of sp³-hybridized carbons (Fsp3) is 0.636. The fourth-order valence-electron chi connectivity index (χ4n) is 6.07. The lowest BCUT2D eigenvalue weighted by atomic mass is 9.65. The Morgan fingerprint density at radius 1 is 1.07 bits per heavy atom. The topological polar surface area (TPSA) is 55.9 Å². The first-order valence-corrected chi connectivity index (χ1v) is 10.4. The Hall–Kier alpha value is -2.08. The molecule has 0 bridgehead atoms. The molecule has 6 heteroatoms. The van der Waals surface area contributed by atoms with E-state index in [-0.39, 0.29) is 16.9 Å². The minimum absolute atomic E-state index is 0.0155. The monoisotopic (exact) mass is 384 g/mol. The molecule has 1 saturated carbocycles. The highest BCUT2D eigenvalue weighted by Crippen LogP contribution is 2.62. The second-order valence-electron chi connectivity index (χ2n) is 9.25. The van der Waals surface area contributed by atoms with Gasteiger partial charge in [0.2, 0.25) is 5.91 Å². The van der Waals surface area contributed by atoms with E-state index in [9.17, 15) is 9.59 Å². The summed E-state index contributed by atoms with van der Waals surface area (Å²) in [6, 6.07) is 9.61. The van der Waals surface area contributed by atoms with Crippen molar-refractivity contribution in [2.24, 2.45) is 16.7 Å². The fourth-order valence-corrected chi connectivity index (χ4v) is 6.07. The van der Waals surface area contributed by atoms with Gasteiger partial charge in [0.25, 0.3) is 0 Å². The summed E-state index contributed by atoms with van der Waals surface area (Å²) < 4.78 is 0. The largest absolute Gasteiger partial charge is 0.348 e. The number of likely N-dealkylation sites (tertiary alicyclic amines) is 2. The summed E-state index contributed by atoms with van der Waals surface area (Å²) in [6.45, 7) is 3.40. The van der Waals surface area contributed by atoms with Crippen molar-refractivity contribution in [3.63, 3.8) is 0 Å². The summed E-state index contributed by atoms with van der Waals surface area (Å²) >= 11 is 0. The maximum atomic E-state index is 13.1. The zero-order chi connectivity index (χ0) is 19.9. The molecule has 6 nitrogen and oxygen atoms in total. The van der Waals surface area contributed by atoms with E-state index < -0.39 is 0 Å². The van der Waals surface area contributed by atoms with Crippen molar-refractivity contribution in [3.8, 4) is 0 Å². The van der Waals surface area contributed by atoms with E-state index in [1.807, 2.05) is 49.3 Å². The molecular formula is C22H32N4O2. The Bertz CT molecular complexity index is 742. The number of piperidine rings is 1. The van der Waals surface area contributed by atoms with Gasteiger partial charge in [-0.2, -0.15) is 0 Å². The minimum atomic E-state index is -0.229. The van der Waals surface area contributed by atoms with Crippen molar-refractivity contribution in [1.82, 2.24) is 14.7 Å². The van der Waals surface area contributed by atoms with E-state index in [1.165, 1.54) is 0 Å². The average molecular weight is 385 g/mol. The number of carbonyl (C=O) groups excluding carboxylic acids is 2. The van der Waals surface area contributed by atoms with E-state index in [2.05, 4.69) is 17.3 Å². The van der Waals surface area contributed by atoms with Gasteiger partial charge in [-0.1, -0.05) is 18.2 Å². The molecule has 3 aliphatic rings. The molecule has 3 amide bonds. The maximum Gasteiger partial charge on any atom is 0.321 e. The number of nitrogens with zero attached hydrogens (tertiary/aromatic N) is 3. The lowest BCUT2D eigenvalue weighted by Crippen LogP contribution is -2.50. The van der Waals surface area contributed by atoms with Crippen LogP contribution in [0, 0.1) is 16.7 Å². The van der Waals surface area contributed by atoms with E-state index >= 15 is 0 Å². The molecule has 0 unspecified atom stereocenters. The third-order valence-corrected chi connectivity index (χ3v) is 7.43. The van der Waals surface area contributed by atoms with Crippen LogP contribution in [0.1, 0.15) is 25.7 Å². The van der Waals surface area contributed by atoms with Gasteiger partial charge >= 0.3 is 6.03 Å². The normalized spacial score (nSPS) is 29.0. The van der Waals surface area contributed by atoms with E-state index in [1.54, 1.807) is 4.90 Å². The van der Waals surface area contributed by atoms with Crippen LogP contribution in [0.3, 0.4) is 0 Å². The van der Waals surface area contributed by atoms with Crippen molar-refractivity contribution in [1.29, 1.82) is 0 Å². The number of urea groups is 1. The molecule has 3 fully saturated rings. The van der Waals surface area contributed by atoms with Crippen molar-refractivity contribution in [2.45, 2.75) is 25.7 Å². The van der Waals surface area contributed by atoms with Gasteiger partial charge in [0.1, 0.15) is 0 Å². The molecular weight excluding hydrogens is 352 g/mol. The molecule has 2 saturated heterocycles. The molecule has 1 aliphatic carbocycles. The minimum Gasteiger partial charge on any atom is -0.348 e. The van der Waals surface area contributed by atoms with Crippen LogP contribution in [0.25, 0.3) is 0 Å². The second kappa shape index (κ2) is 7.07. The quantitative estimate of drug-likeness (QED) is 0.853. The molecule has 0 radical (unpaired) electrons. The third kappa shape index (κ3) is 3.08. The van der Waals surface area contributed by atoms with Gasteiger partial charge in [0.15, 0.2) is 0 Å². The molecule has 28 heavy (non-hydrogen) atoms. The Labute approximate surface area is 167 Å². The van der Waals surface area contributed by atoms with Crippen LogP contribution in [0.15, 0.2) is 30.3 Å². The highest BCUT2D eigenvalue weighted by Gasteiger charge is 2.64. The van der Waals surface area contributed by atoms with Crippen LogP contribution in [0.5, 0.6) is 0 Å². The van der Waals surface area contributed by atoms with Crippen LogP contribution in [0.2, 0.25) is 0 Å². The molecule has 1 aromatic carbocycles. The molecule has 1 N–H and O–H groups in total. The van der Waals surface area contributed by atoms with Crippen LogP contribution in [-0.4, -0.2) is 74.0 Å². The Morgan fingerprint density at radius 3 is 2.39 bits per heavy atom. The van der Waals surface area contributed by atoms with Crippen molar-refractivity contribution in [2.75, 3.05) is 52.6 Å². The Morgan fingerprint density at radius 2 is 1.75 bits per heavy atom. The van der Waals surface area contributed by atoms with Crippen molar-refractivity contribution >= 4 is 17.6 Å². The Balaban J connectivity index is 1.45. The predicted octanol–water partition coefficient (Wildman–Crippen LogP) is 2.73. The SMILES string of the molecule is CN1C[C@H]2C3(CCN(C(=O)Nc4ccccc4)CC3)CC[C@@]2(C(=O)N(C)C)C1. The third-order valence-electron chi connectivity index (χ3n) is 7.43. The van der Waals surface area contributed by atoms with Gasteiger partial charge in [-0.25, -0.2) is 4.79 Å². The number of para-hydroxylation sites is 1.